The molecule has 0 unspecified atom stereocenters. The number of esters is 1. The van der Waals surface area contributed by atoms with Crippen molar-refractivity contribution >= 4 is 23.6 Å². The van der Waals surface area contributed by atoms with Crippen LogP contribution in [0.5, 0.6) is 0 Å². The van der Waals surface area contributed by atoms with E-state index < -0.39 is 17.9 Å². The van der Waals surface area contributed by atoms with Gasteiger partial charge in [0, 0.05) is 18.3 Å². The molecule has 7 heteroatoms. The molecule has 0 bridgehead atoms. The third-order valence-electron chi connectivity index (χ3n) is 9.95. The molecule has 4 rings (SSSR count). The van der Waals surface area contributed by atoms with Crippen molar-refractivity contribution in [2.45, 2.75) is 104 Å². The van der Waals surface area contributed by atoms with Gasteiger partial charge in [-0.05, 0) is 80.1 Å². The van der Waals surface area contributed by atoms with E-state index in [9.17, 15) is 24.3 Å². The van der Waals surface area contributed by atoms with Gasteiger partial charge >= 0.3 is 11.9 Å². The lowest BCUT2D eigenvalue weighted by Gasteiger charge is -2.57. The van der Waals surface area contributed by atoms with Gasteiger partial charge in [-0.1, -0.05) is 33.3 Å². The van der Waals surface area contributed by atoms with E-state index in [2.05, 4.69) is 19.2 Å². The number of ether oxygens (including phenoxy) is 1. The molecule has 0 saturated heterocycles. The lowest BCUT2D eigenvalue weighted by Crippen LogP contribution is -2.51. The first-order valence-corrected chi connectivity index (χ1v) is 13.4. The normalized spacial score (nSPS) is 36.9. The van der Waals surface area contributed by atoms with Crippen molar-refractivity contribution in [3.8, 4) is 0 Å². The average Bonchev–Trinajstić information content (AvgIpc) is 3.12. The molecule has 2 N–H and O–H groups in total. The fourth-order valence-corrected chi connectivity index (χ4v) is 7.90. The van der Waals surface area contributed by atoms with Crippen LogP contribution in [0.25, 0.3) is 0 Å². The number of aliphatic carboxylic acids is 1. The summed E-state index contributed by atoms with van der Waals surface area (Å²) < 4.78 is 5.97. The van der Waals surface area contributed by atoms with E-state index in [0.29, 0.717) is 24.2 Å². The second-order valence-electron chi connectivity index (χ2n) is 12.2. The Kier molecular flexibility index (Phi) is 7.18. The summed E-state index contributed by atoms with van der Waals surface area (Å²) in [5.41, 5.74) is 1.44. The summed E-state index contributed by atoms with van der Waals surface area (Å²) in [6.07, 6.45) is 9.44. The Morgan fingerprint density at radius 3 is 2.49 bits per heavy atom. The molecule has 4 aliphatic carbocycles. The Labute approximate surface area is 208 Å². The van der Waals surface area contributed by atoms with Crippen molar-refractivity contribution in [3.05, 3.63) is 11.6 Å². The van der Waals surface area contributed by atoms with Crippen LogP contribution in [-0.2, 0) is 23.9 Å². The lowest BCUT2D eigenvalue weighted by molar-refractivity contribution is -0.160. The average molecular weight is 488 g/mol. The molecular formula is C28H41NO6. The van der Waals surface area contributed by atoms with E-state index in [1.165, 1.54) is 5.57 Å². The Bertz CT molecular complexity index is 924. The minimum atomic E-state index is -1.07. The van der Waals surface area contributed by atoms with Crippen molar-refractivity contribution in [1.29, 1.82) is 0 Å². The third-order valence-corrected chi connectivity index (χ3v) is 9.95. The highest BCUT2D eigenvalue weighted by molar-refractivity contribution is 5.91. The maximum atomic E-state index is 12.7. The van der Waals surface area contributed by atoms with Crippen molar-refractivity contribution in [2.75, 3.05) is 0 Å². The Morgan fingerprint density at radius 2 is 1.80 bits per heavy atom. The van der Waals surface area contributed by atoms with Crippen LogP contribution >= 0.6 is 0 Å². The molecule has 0 aliphatic heterocycles. The van der Waals surface area contributed by atoms with E-state index in [4.69, 9.17) is 4.74 Å². The smallest absolute Gasteiger partial charge is 0.326 e. The molecule has 194 valence electrons. The summed E-state index contributed by atoms with van der Waals surface area (Å²) in [7, 11) is 0. The summed E-state index contributed by atoms with van der Waals surface area (Å²) in [6.45, 7) is 8.12. The third kappa shape index (κ3) is 4.79. The van der Waals surface area contributed by atoms with Crippen molar-refractivity contribution in [1.82, 2.24) is 5.32 Å². The summed E-state index contributed by atoms with van der Waals surface area (Å²) in [5.74, 6) is -0.146. The SMILES string of the molecule is CC(C)[C@H](NC(=O)CCC(=O)O[C@@H]1CC[C@H]2[C@H]3CCC4=CC(=O)CC[C@]4(C)[C@@H]3CC[C@]12C)C(=O)O. The quantitative estimate of drug-likeness (QED) is 0.514. The Balaban J connectivity index is 1.35. The standard InChI is InChI=1S/C28H41NO6/c1-16(2)25(26(33)34)29-23(31)9-10-24(32)35-22-8-7-20-19-6-5-17-15-18(30)11-13-27(17,3)21(19)12-14-28(20,22)4/h15-16,19-22,25H,5-14H2,1-4H3,(H,29,31)(H,33,34)/t19-,20+,21-,22-,25+,27+,28+/m1/s1. The van der Waals surface area contributed by atoms with Crippen LogP contribution < -0.4 is 5.32 Å². The van der Waals surface area contributed by atoms with Crippen LogP contribution in [0.3, 0.4) is 0 Å². The lowest BCUT2D eigenvalue weighted by atomic mass is 9.47. The number of carbonyl (C=O) groups is 4. The Morgan fingerprint density at radius 1 is 1.06 bits per heavy atom. The largest absolute Gasteiger partial charge is 0.480 e. The number of nitrogens with one attached hydrogen (secondary N) is 1. The first-order valence-electron chi connectivity index (χ1n) is 13.4. The van der Waals surface area contributed by atoms with Crippen LogP contribution in [0.4, 0.5) is 0 Å². The maximum absolute atomic E-state index is 12.7. The number of hydrogen-bond donors (Lipinski definition) is 2. The monoisotopic (exact) mass is 487 g/mol. The number of carboxylic acids is 1. The van der Waals surface area contributed by atoms with Crippen LogP contribution in [0.2, 0.25) is 0 Å². The van der Waals surface area contributed by atoms with Gasteiger partial charge in [0.2, 0.25) is 5.91 Å². The summed E-state index contributed by atoms with van der Waals surface area (Å²) in [4.78, 5) is 48.2. The molecule has 3 fully saturated rings. The minimum absolute atomic E-state index is 0.0418. The molecule has 0 spiro atoms. The minimum Gasteiger partial charge on any atom is -0.480 e. The molecule has 3 saturated carbocycles. The molecule has 7 atom stereocenters. The van der Waals surface area contributed by atoms with Crippen LogP contribution in [0, 0.1) is 34.5 Å². The van der Waals surface area contributed by atoms with Crippen molar-refractivity contribution in [3.63, 3.8) is 0 Å². The number of amides is 1. The molecular weight excluding hydrogens is 446 g/mol. The molecule has 7 nitrogen and oxygen atoms in total. The van der Waals surface area contributed by atoms with E-state index >= 15 is 0 Å². The van der Waals surface area contributed by atoms with Gasteiger partial charge in [-0.2, -0.15) is 0 Å². The fourth-order valence-electron chi connectivity index (χ4n) is 7.90. The number of allylic oxidation sites excluding steroid dienone is 1. The molecule has 0 heterocycles. The van der Waals surface area contributed by atoms with Crippen LogP contribution in [0.15, 0.2) is 11.6 Å². The van der Waals surface area contributed by atoms with E-state index in [1.807, 2.05) is 6.08 Å². The number of hydrogen-bond acceptors (Lipinski definition) is 5. The zero-order valence-corrected chi connectivity index (χ0v) is 21.6. The van der Waals surface area contributed by atoms with Gasteiger partial charge in [0.05, 0.1) is 6.42 Å². The summed E-state index contributed by atoms with van der Waals surface area (Å²) in [5, 5.41) is 11.8. The van der Waals surface area contributed by atoms with E-state index in [0.717, 1.165) is 44.9 Å². The second-order valence-corrected chi connectivity index (χ2v) is 12.2. The fraction of sp³-hybridized carbons (Fsp3) is 0.786. The predicted octanol–water partition coefficient (Wildman–Crippen LogP) is 4.44. The van der Waals surface area contributed by atoms with E-state index in [-0.39, 0.29) is 47.4 Å². The number of fused-ring (bicyclic) bond motifs is 5. The number of ketones is 1. The number of carboxylic acid groups (broad SMARTS) is 1. The summed E-state index contributed by atoms with van der Waals surface area (Å²) in [6, 6.07) is -0.960. The molecule has 1 amide bonds. The van der Waals surface area contributed by atoms with E-state index in [1.54, 1.807) is 13.8 Å². The van der Waals surface area contributed by atoms with Crippen molar-refractivity contribution in [2.24, 2.45) is 34.5 Å². The van der Waals surface area contributed by atoms with Gasteiger partial charge in [0.25, 0.3) is 0 Å². The molecule has 0 aromatic heterocycles. The zero-order valence-electron chi connectivity index (χ0n) is 21.6. The number of rotatable bonds is 7. The highest BCUT2D eigenvalue weighted by Crippen LogP contribution is 2.65. The van der Waals surface area contributed by atoms with Gasteiger partial charge in [-0.15, -0.1) is 0 Å². The molecule has 0 aromatic rings. The van der Waals surface area contributed by atoms with Crippen molar-refractivity contribution < 1.29 is 29.0 Å². The highest BCUT2D eigenvalue weighted by atomic mass is 16.5. The predicted molar refractivity (Wildman–Crippen MR) is 130 cm³/mol. The topological polar surface area (TPSA) is 110 Å². The molecule has 0 radical (unpaired) electrons. The van der Waals surface area contributed by atoms with Gasteiger partial charge in [-0.3, -0.25) is 14.4 Å². The van der Waals surface area contributed by atoms with Gasteiger partial charge in [0.1, 0.15) is 12.1 Å². The van der Waals surface area contributed by atoms with Crippen LogP contribution in [-0.4, -0.2) is 40.9 Å². The first kappa shape index (κ1) is 25.9. The highest BCUT2D eigenvalue weighted by Gasteiger charge is 2.59. The molecule has 35 heavy (non-hydrogen) atoms. The van der Waals surface area contributed by atoms with Gasteiger partial charge in [-0.25, -0.2) is 4.79 Å². The zero-order chi connectivity index (χ0) is 25.5. The molecule has 4 aliphatic rings. The molecule has 0 aromatic carbocycles. The second kappa shape index (κ2) is 9.70. The maximum Gasteiger partial charge on any atom is 0.326 e. The Hall–Kier alpha value is -2.18. The number of carbonyl (C=O) groups excluding carboxylic acids is 3. The van der Waals surface area contributed by atoms with Gasteiger partial charge < -0.3 is 15.2 Å². The van der Waals surface area contributed by atoms with Gasteiger partial charge in [0.15, 0.2) is 5.78 Å². The van der Waals surface area contributed by atoms with Crippen LogP contribution in [0.1, 0.15) is 91.9 Å². The first-order chi connectivity index (χ1) is 16.5. The summed E-state index contributed by atoms with van der Waals surface area (Å²) >= 11 is 0.